The van der Waals surface area contributed by atoms with Crippen molar-refractivity contribution < 1.29 is 18.8 Å². The van der Waals surface area contributed by atoms with Crippen molar-refractivity contribution in [2.45, 2.75) is 39.2 Å². The van der Waals surface area contributed by atoms with E-state index in [2.05, 4.69) is 15.6 Å². The van der Waals surface area contributed by atoms with Crippen LogP contribution in [0.5, 0.6) is 0 Å². The summed E-state index contributed by atoms with van der Waals surface area (Å²) >= 11 is 1.10. The number of carbonyl (C=O) groups excluding carboxylic acids is 3. The maximum Gasteiger partial charge on any atom is 0.321 e. The highest BCUT2D eigenvalue weighted by Gasteiger charge is 2.27. The van der Waals surface area contributed by atoms with Crippen molar-refractivity contribution in [3.8, 4) is 0 Å². The number of hydrogen-bond donors (Lipinski definition) is 3. The second kappa shape index (κ2) is 10.6. The average Bonchev–Trinajstić information content (AvgIpc) is 3.13. The van der Waals surface area contributed by atoms with E-state index in [1.165, 1.54) is 19.1 Å². The highest BCUT2D eigenvalue weighted by atomic mass is 32.1. The summed E-state index contributed by atoms with van der Waals surface area (Å²) in [6.45, 7) is 4.34. The van der Waals surface area contributed by atoms with Crippen LogP contribution in [0.4, 0.5) is 14.3 Å². The maximum atomic E-state index is 13.1. The van der Waals surface area contributed by atoms with Gasteiger partial charge in [-0.3, -0.25) is 14.9 Å². The van der Waals surface area contributed by atoms with E-state index in [-0.39, 0.29) is 30.0 Å². The lowest BCUT2D eigenvalue weighted by Crippen LogP contribution is -2.52. The first kappa shape index (κ1) is 23.8. The fourth-order valence-electron chi connectivity index (χ4n) is 3.83. The van der Waals surface area contributed by atoms with Crippen LogP contribution in [0.15, 0.2) is 24.3 Å². The Bertz CT molecular complexity index is 978. The first-order chi connectivity index (χ1) is 15.2. The summed E-state index contributed by atoms with van der Waals surface area (Å²) < 4.78 is 13.1. The molecule has 0 bridgehead atoms. The molecule has 32 heavy (non-hydrogen) atoms. The molecule has 0 spiro atoms. The smallest absolute Gasteiger partial charge is 0.321 e. The Labute approximate surface area is 190 Å². The van der Waals surface area contributed by atoms with Crippen LogP contribution in [0, 0.1) is 18.7 Å². The molecule has 1 aromatic carbocycles. The van der Waals surface area contributed by atoms with Crippen LogP contribution in [-0.4, -0.2) is 53.3 Å². The summed E-state index contributed by atoms with van der Waals surface area (Å²) in [5.41, 5.74) is 7.64. The van der Waals surface area contributed by atoms with Crippen molar-refractivity contribution in [2.24, 2.45) is 11.7 Å². The lowest BCUT2D eigenvalue weighted by molar-refractivity contribution is -0.134. The number of piperidine rings is 1. The Balaban J connectivity index is 1.47. The lowest BCUT2D eigenvalue weighted by atomic mass is 9.91. The van der Waals surface area contributed by atoms with Crippen LogP contribution < -0.4 is 16.4 Å². The number of rotatable bonds is 7. The summed E-state index contributed by atoms with van der Waals surface area (Å²) in [6.07, 6.45) is 2.64. The Morgan fingerprint density at radius 2 is 2.03 bits per heavy atom. The number of aromatic nitrogens is 1. The Kier molecular flexibility index (Phi) is 7.92. The van der Waals surface area contributed by atoms with Crippen molar-refractivity contribution in [1.82, 2.24) is 15.2 Å². The molecule has 1 saturated heterocycles. The largest absolute Gasteiger partial charge is 0.341 e. The van der Waals surface area contributed by atoms with Crippen molar-refractivity contribution in [3.05, 3.63) is 46.2 Å². The number of urea groups is 1. The van der Waals surface area contributed by atoms with E-state index < -0.39 is 12.1 Å². The van der Waals surface area contributed by atoms with Crippen molar-refractivity contribution >= 4 is 34.2 Å². The molecule has 0 aliphatic carbocycles. The molecule has 3 amide bonds. The number of Topliss-reactive ketones (excluding diaryl/α,β-unsaturated/α-hetero) is 1. The van der Waals surface area contributed by atoms with Crippen LogP contribution in [-0.2, 0) is 11.2 Å². The number of nitrogens with two attached hydrogens (primary N) is 1. The number of nitrogens with zero attached hydrogens (tertiary/aromatic N) is 2. The molecule has 2 aromatic rings. The molecule has 4 N–H and O–H groups in total. The minimum atomic E-state index is -0.865. The molecule has 172 valence electrons. The van der Waals surface area contributed by atoms with Gasteiger partial charge in [-0.25, -0.2) is 14.2 Å². The van der Waals surface area contributed by atoms with E-state index in [0.29, 0.717) is 28.8 Å². The first-order valence-electron chi connectivity index (χ1n) is 10.5. The summed E-state index contributed by atoms with van der Waals surface area (Å²) in [7, 11) is 0. The third-order valence-corrected chi connectivity index (χ3v) is 6.58. The Morgan fingerprint density at radius 1 is 1.31 bits per heavy atom. The molecule has 1 aromatic heterocycles. The molecular formula is C22H28FN5O3S. The van der Waals surface area contributed by atoms with Gasteiger partial charge in [0.05, 0.1) is 10.6 Å². The molecule has 2 atom stereocenters. The number of nitrogens with one attached hydrogen (secondary N) is 2. The van der Waals surface area contributed by atoms with Crippen LogP contribution in [0.25, 0.3) is 0 Å². The molecule has 0 radical (unpaired) electrons. The summed E-state index contributed by atoms with van der Waals surface area (Å²) in [5.74, 6) is -0.301. The number of carbonyl (C=O) groups is 3. The van der Waals surface area contributed by atoms with Gasteiger partial charge >= 0.3 is 6.03 Å². The monoisotopic (exact) mass is 461 g/mol. The van der Waals surface area contributed by atoms with Gasteiger partial charge in [-0.05, 0) is 49.8 Å². The van der Waals surface area contributed by atoms with Crippen molar-refractivity contribution in [3.63, 3.8) is 0 Å². The summed E-state index contributed by atoms with van der Waals surface area (Å²) in [5, 5.41) is 5.47. The standard InChI is InChI=1S/C22H28FN5O3S/c1-13-19(14(2)29)32-22(26-13)27-21(31)25-11-18(24)20(30)28-9-3-4-16(12-28)10-15-5-7-17(23)8-6-15/h5-8,16,18H,3-4,9-12,24H2,1-2H3,(H2,25,26,27,31). The second-order valence-corrected chi connectivity index (χ2v) is 9.05. The Morgan fingerprint density at radius 3 is 2.69 bits per heavy atom. The van der Waals surface area contributed by atoms with Gasteiger partial charge in [-0.15, -0.1) is 0 Å². The number of aryl methyl sites for hydroxylation is 1. The number of hydrogen-bond acceptors (Lipinski definition) is 6. The van der Waals surface area contributed by atoms with Crippen LogP contribution in [0.2, 0.25) is 0 Å². The quantitative estimate of drug-likeness (QED) is 0.548. The Hall–Kier alpha value is -2.85. The number of likely N-dealkylation sites (tertiary alicyclic amines) is 1. The van der Waals surface area contributed by atoms with Crippen molar-refractivity contribution in [1.29, 1.82) is 0 Å². The SMILES string of the molecule is CC(=O)c1sc(NC(=O)NCC(N)C(=O)N2CCCC(Cc3ccc(F)cc3)C2)nc1C. The van der Waals surface area contributed by atoms with E-state index in [0.717, 1.165) is 36.2 Å². The molecule has 1 fully saturated rings. The van der Waals surface area contributed by atoms with Gasteiger partial charge in [0.15, 0.2) is 10.9 Å². The topological polar surface area (TPSA) is 117 Å². The number of benzene rings is 1. The van der Waals surface area contributed by atoms with Gasteiger partial charge in [0.25, 0.3) is 0 Å². The van der Waals surface area contributed by atoms with Gasteiger partial charge in [0, 0.05) is 26.6 Å². The predicted molar refractivity (Wildman–Crippen MR) is 121 cm³/mol. The molecule has 10 heteroatoms. The van der Waals surface area contributed by atoms with Crippen LogP contribution >= 0.6 is 11.3 Å². The molecular weight excluding hydrogens is 433 g/mol. The van der Waals surface area contributed by atoms with E-state index in [1.54, 1.807) is 24.0 Å². The van der Waals surface area contributed by atoms with Crippen molar-refractivity contribution in [2.75, 3.05) is 25.0 Å². The van der Waals surface area contributed by atoms with E-state index in [1.807, 2.05) is 0 Å². The van der Waals surface area contributed by atoms with Crippen LogP contribution in [0.3, 0.4) is 0 Å². The molecule has 0 saturated carbocycles. The number of amides is 3. The number of anilines is 1. The second-order valence-electron chi connectivity index (χ2n) is 8.05. The molecule has 1 aliphatic rings. The predicted octanol–water partition coefficient (Wildman–Crippen LogP) is 2.72. The van der Waals surface area contributed by atoms with Gasteiger partial charge in [0.1, 0.15) is 11.9 Å². The molecule has 2 heterocycles. The van der Waals surface area contributed by atoms with Gasteiger partial charge in [-0.2, -0.15) is 0 Å². The number of ketones is 1. The summed E-state index contributed by atoms with van der Waals surface area (Å²) in [4.78, 5) is 42.8. The zero-order chi connectivity index (χ0) is 23.3. The normalized spacial score (nSPS) is 17.0. The van der Waals surface area contributed by atoms with E-state index in [9.17, 15) is 18.8 Å². The van der Waals surface area contributed by atoms with Crippen LogP contribution in [0.1, 0.15) is 40.7 Å². The summed E-state index contributed by atoms with van der Waals surface area (Å²) in [6, 6.07) is 5.03. The third kappa shape index (κ3) is 6.33. The molecule has 3 rings (SSSR count). The number of thiazole rings is 1. The average molecular weight is 462 g/mol. The minimum absolute atomic E-state index is 0.0201. The van der Waals surface area contributed by atoms with Gasteiger partial charge in [-0.1, -0.05) is 23.5 Å². The van der Waals surface area contributed by atoms with E-state index in [4.69, 9.17) is 5.73 Å². The highest BCUT2D eigenvalue weighted by molar-refractivity contribution is 7.17. The number of halogens is 1. The fourth-order valence-corrected chi connectivity index (χ4v) is 4.68. The zero-order valence-corrected chi connectivity index (χ0v) is 19.0. The molecule has 2 unspecified atom stereocenters. The van der Waals surface area contributed by atoms with E-state index >= 15 is 0 Å². The zero-order valence-electron chi connectivity index (χ0n) is 18.2. The highest BCUT2D eigenvalue weighted by Crippen LogP contribution is 2.23. The fraction of sp³-hybridized carbons (Fsp3) is 0.455. The first-order valence-corrected chi connectivity index (χ1v) is 11.4. The molecule has 8 nitrogen and oxygen atoms in total. The minimum Gasteiger partial charge on any atom is -0.341 e. The van der Waals surface area contributed by atoms with Gasteiger partial charge < -0.3 is 16.0 Å². The third-order valence-electron chi connectivity index (χ3n) is 5.40. The maximum absolute atomic E-state index is 13.1. The van der Waals surface area contributed by atoms with Gasteiger partial charge in [0.2, 0.25) is 5.91 Å². The lowest BCUT2D eigenvalue weighted by Gasteiger charge is -2.34. The molecule has 1 aliphatic heterocycles.